The van der Waals surface area contributed by atoms with Gasteiger partial charge in [0.15, 0.2) is 16.4 Å². The number of sulfone groups is 1. The Morgan fingerprint density at radius 1 is 1.40 bits per heavy atom. The van der Waals surface area contributed by atoms with Crippen LogP contribution in [0.2, 0.25) is 0 Å². The van der Waals surface area contributed by atoms with Crippen LogP contribution >= 0.6 is 0 Å². The molecule has 0 saturated carbocycles. The fourth-order valence-corrected chi connectivity index (χ4v) is 3.54. The summed E-state index contributed by atoms with van der Waals surface area (Å²) < 4.78 is 27.2. The molecular weight excluding hydrogens is 284 g/mol. The molecule has 7 nitrogen and oxygen atoms in total. The van der Waals surface area contributed by atoms with Crippen molar-refractivity contribution < 1.29 is 22.7 Å². The maximum absolute atomic E-state index is 11.5. The number of nitrogens with zero attached hydrogens (tertiary/aromatic N) is 1. The van der Waals surface area contributed by atoms with E-state index in [0.29, 0.717) is 6.42 Å². The van der Waals surface area contributed by atoms with E-state index in [4.69, 9.17) is 4.74 Å². The maximum Gasteiger partial charge on any atom is 0.357 e. The van der Waals surface area contributed by atoms with Gasteiger partial charge in [-0.15, -0.1) is 0 Å². The third kappa shape index (κ3) is 4.02. The molecule has 1 atom stereocenters. The average molecular weight is 298 g/mol. The fourth-order valence-electron chi connectivity index (χ4n) is 1.87. The lowest BCUT2D eigenvalue weighted by atomic mass is 10.2. The van der Waals surface area contributed by atoms with Crippen molar-refractivity contribution in [2.24, 2.45) is 0 Å². The number of carbonyl (C=O) groups excluding carboxylic acids is 2. The number of carbonyl (C=O) groups is 2. The van der Waals surface area contributed by atoms with E-state index in [1.165, 1.54) is 12.3 Å². The molecule has 1 aliphatic rings. The number of amides is 1. The summed E-state index contributed by atoms with van der Waals surface area (Å²) in [6.07, 6.45) is 1.84. The van der Waals surface area contributed by atoms with Crippen LogP contribution in [0.1, 0.15) is 16.9 Å². The van der Waals surface area contributed by atoms with Gasteiger partial charge >= 0.3 is 5.97 Å². The number of pyridine rings is 1. The zero-order valence-electron chi connectivity index (χ0n) is 10.6. The van der Waals surface area contributed by atoms with Crippen LogP contribution in [-0.4, -0.2) is 49.4 Å². The van der Waals surface area contributed by atoms with Gasteiger partial charge in [0.05, 0.1) is 11.5 Å². The Hall–Kier alpha value is -1.96. The SMILES string of the molecule is O=C(COC(=O)c1ccccn1)N[C@@H]1CCS(=O)(=O)C1. The highest BCUT2D eigenvalue weighted by atomic mass is 32.2. The fraction of sp³-hybridized carbons (Fsp3) is 0.417. The van der Waals surface area contributed by atoms with Gasteiger partial charge in [-0.3, -0.25) is 4.79 Å². The number of hydrogen-bond acceptors (Lipinski definition) is 6. The van der Waals surface area contributed by atoms with Crippen molar-refractivity contribution in [2.75, 3.05) is 18.1 Å². The first kappa shape index (κ1) is 14.4. The monoisotopic (exact) mass is 298 g/mol. The van der Waals surface area contributed by atoms with Crippen molar-refractivity contribution in [2.45, 2.75) is 12.5 Å². The Labute approximate surface area is 116 Å². The zero-order chi connectivity index (χ0) is 14.6. The Morgan fingerprint density at radius 2 is 2.20 bits per heavy atom. The Balaban J connectivity index is 1.77. The summed E-state index contributed by atoms with van der Waals surface area (Å²) in [5.41, 5.74) is 0.115. The highest BCUT2D eigenvalue weighted by Crippen LogP contribution is 2.10. The molecule has 1 aliphatic heterocycles. The topological polar surface area (TPSA) is 102 Å². The predicted octanol–water partition coefficient (Wildman–Crippen LogP) is -0.458. The van der Waals surface area contributed by atoms with Crippen molar-refractivity contribution in [1.82, 2.24) is 10.3 Å². The molecule has 2 heterocycles. The first-order valence-electron chi connectivity index (χ1n) is 6.04. The van der Waals surface area contributed by atoms with Gasteiger partial charge in [0.2, 0.25) is 0 Å². The Bertz CT molecular complexity index is 600. The molecule has 0 aromatic carbocycles. The number of ether oxygens (including phenoxy) is 1. The molecule has 108 valence electrons. The van der Waals surface area contributed by atoms with Crippen LogP contribution in [-0.2, 0) is 19.4 Å². The molecule has 0 spiro atoms. The average Bonchev–Trinajstić information content (AvgIpc) is 2.76. The summed E-state index contributed by atoms with van der Waals surface area (Å²) in [4.78, 5) is 26.9. The molecule has 1 fully saturated rings. The molecule has 0 bridgehead atoms. The van der Waals surface area contributed by atoms with Gasteiger partial charge in [-0.2, -0.15) is 0 Å². The van der Waals surface area contributed by atoms with Gasteiger partial charge in [-0.25, -0.2) is 18.2 Å². The van der Waals surface area contributed by atoms with E-state index in [-0.39, 0.29) is 17.2 Å². The summed E-state index contributed by atoms with van der Waals surface area (Å²) in [7, 11) is -3.05. The van der Waals surface area contributed by atoms with Crippen LogP contribution in [0.3, 0.4) is 0 Å². The molecule has 0 aliphatic carbocycles. The molecule has 0 unspecified atom stereocenters. The van der Waals surface area contributed by atoms with Crippen LogP contribution in [0.15, 0.2) is 24.4 Å². The first-order chi connectivity index (χ1) is 9.46. The van der Waals surface area contributed by atoms with E-state index < -0.39 is 34.4 Å². The molecular formula is C12H14N2O5S. The molecule has 1 aromatic heterocycles. The summed E-state index contributed by atoms with van der Waals surface area (Å²) in [6.45, 7) is -0.452. The standard InChI is InChI=1S/C12H14N2O5S/c15-11(14-9-4-6-20(17,18)8-9)7-19-12(16)10-3-1-2-5-13-10/h1-3,5,9H,4,6-8H2,(H,14,15)/t9-/m1/s1. The Kier molecular flexibility index (Phi) is 4.33. The van der Waals surface area contributed by atoms with Crippen LogP contribution in [0.4, 0.5) is 0 Å². The third-order valence-corrected chi connectivity index (χ3v) is 4.57. The molecule has 20 heavy (non-hydrogen) atoms. The minimum absolute atomic E-state index is 0.0626. The second-order valence-corrected chi connectivity index (χ2v) is 6.69. The largest absolute Gasteiger partial charge is 0.451 e. The molecule has 1 aromatic rings. The van der Waals surface area contributed by atoms with E-state index in [2.05, 4.69) is 10.3 Å². The lowest BCUT2D eigenvalue weighted by molar-refractivity contribution is -0.124. The minimum atomic E-state index is -3.05. The molecule has 1 saturated heterocycles. The third-order valence-electron chi connectivity index (χ3n) is 2.81. The summed E-state index contributed by atoms with van der Waals surface area (Å²) in [5, 5.41) is 2.53. The van der Waals surface area contributed by atoms with E-state index in [0.717, 1.165) is 0 Å². The highest BCUT2D eigenvalue weighted by molar-refractivity contribution is 7.91. The van der Waals surface area contributed by atoms with Crippen LogP contribution in [0, 0.1) is 0 Å². The van der Waals surface area contributed by atoms with Crippen molar-refractivity contribution in [1.29, 1.82) is 0 Å². The Morgan fingerprint density at radius 3 is 2.80 bits per heavy atom. The van der Waals surface area contributed by atoms with Gasteiger partial charge < -0.3 is 10.1 Å². The van der Waals surface area contributed by atoms with Crippen LogP contribution in [0.5, 0.6) is 0 Å². The number of rotatable bonds is 4. The normalized spacial score (nSPS) is 20.3. The predicted molar refractivity (Wildman–Crippen MR) is 69.7 cm³/mol. The van der Waals surface area contributed by atoms with Gasteiger partial charge in [-0.05, 0) is 18.6 Å². The quantitative estimate of drug-likeness (QED) is 0.755. The van der Waals surface area contributed by atoms with Gasteiger partial charge in [0.1, 0.15) is 5.69 Å². The van der Waals surface area contributed by atoms with Crippen molar-refractivity contribution in [3.63, 3.8) is 0 Å². The smallest absolute Gasteiger partial charge is 0.357 e. The van der Waals surface area contributed by atoms with E-state index in [1.807, 2.05) is 0 Å². The number of esters is 1. The molecule has 0 radical (unpaired) electrons. The lowest BCUT2D eigenvalue weighted by Gasteiger charge is -2.10. The minimum Gasteiger partial charge on any atom is -0.451 e. The maximum atomic E-state index is 11.5. The number of aromatic nitrogens is 1. The summed E-state index contributed by atoms with van der Waals surface area (Å²) in [5.74, 6) is -1.20. The zero-order valence-corrected chi connectivity index (χ0v) is 11.4. The molecule has 1 N–H and O–H groups in total. The van der Waals surface area contributed by atoms with E-state index >= 15 is 0 Å². The van der Waals surface area contributed by atoms with Gasteiger partial charge in [-0.1, -0.05) is 6.07 Å². The number of nitrogens with one attached hydrogen (secondary N) is 1. The van der Waals surface area contributed by atoms with Crippen LogP contribution < -0.4 is 5.32 Å². The van der Waals surface area contributed by atoms with E-state index in [9.17, 15) is 18.0 Å². The molecule has 8 heteroatoms. The summed E-state index contributed by atoms with van der Waals surface area (Å²) in [6, 6.07) is 4.36. The molecule has 2 rings (SSSR count). The first-order valence-corrected chi connectivity index (χ1v) is 7.86. The molecule has 1 amide bonds. The van der Waals surface area contributed by atoms with Crippen molar-refractivity contribution in [3.8, 4) is 0 Å². The van der Waals surface area contributed by atoms with Crippen molar-refractivity contribution in [3.05, 3.63) is 30.1 Å². The highest BCUT2D eigenvalue weighted by Gasteiger charge is 2.29. The van der Waals surface area contributed by atoms with Crippen molar-refractivity contribution >= 4 is 21.7 Å². The van der Waals surface area contributed by atoms with Gasteiger partial charge in [0, 0.05) is 12.2 Å². The van der Waals surface area contributed by atoms with Crippen LogP contribution in [0.25, 0.3) is 0 Å². The summed E-state index contributed by atoms with van der Waals surface area (Å²) >= 11 is 0. The number of hydrogen-bond donors (Lipinski definition) is 1. The second-order valence-electron chi connectivity index (χ2n) is 4.46. The second kappa shape index (κ2) is 6.00. The van der Waals surface area contributed by atoms with Gasteiger partial charge in [0.25, 0.3) is 5.91 Å². The lowest BCUT2D eigenvalue weighted by Crippen LogP contribution is -2.38. The van der Waals surface area contributed by atoms with E-state index in [1.54, 1.807) is 12.1 Å².